The molecule has 0 aliphatic heterocycles. The minimum atomic E-state index is -3.50. The Hall–Kier alpha value is -2.31. The van der Waals surface area contributed by atoms with Gasteiger partial charge < -0.3 is 4.42 Å². The van der Waals surface area contributed by atoms with Crippen LogP contribution in [-0.4, -0.2) is 38.6 Å². The second-order valence-corrected chi connectivity index (χ2v) is 8.77. The molecule has 0 aromatic carbocycles. The molecule has 8 nitrogen and oxygen atoms in total. The highest BCUT2D eigenvalue weighted by molar-refractivity contribution is 7.89. The molecule has 0 aliphatic carbocycles. The Bertz CT molecular complexity index is 992. The molecule has 0 fully saturated rings. The molecule has 144 valence electrons. The first-order valence-electron chi connectivity index (χ1n) is 7.82. The van der Waals surface area contributed by atoms with Gasteiger partial charge in [-0.3, -0.25) is 4.98 Å². The van der Waals surface area contributed by atoms with Gasteiger partial charge in [-0.1, -0.05) is 6.07 Å². The van der Waals surface area contributed by atoms with Crippen molar-refractivity contribution in [1.29, 1.82) is 0 Å². The van der Waals surface area contributed by atoms with Crippen LogP contribution in [0, 0.1) is 0 Å². The van der Waals surface area contributed by atoms with Gasteiger partial charge in [-0.15, -0.1) is 21.5 Å². The van der Waals surface area contributed by atoms with Crippen molar-refractivity contribution >= 4 is 21.4 Å². The fourth-order valence-corrected chi connectivity index (χ4v) is 4.15. The third-order valence-corrected chi connectivity index (χ3v) is 6.29. The minimum Gasteiger partial charge on any atom is -0.414 e. The van der Waals surface area contributed by atoms with E-state index in [0.29, 0.717) is 9.88 Å². The lowest BCUT2D eigenvalue weighted by atomic mass is 10.3. The molecule has 3 aromatic rings. The van der Waals surface area contributed by atoms with Gasteiger partial charge in [0.2, 0.25) is 10.0 Å². The topological polar surface area (TPSA) is 102 Å². The summed E-state index contributed by atoms with van der Waals surface area (Å²) in [5.74, 6) is -0.912. The maximum absolute atomic E-state index is 12.6. The number of halogens is 2. The van der Waals surface area contributed by atoms with Crippen molar-refractivity contribution in [2.75, 3.05) is 5.75 Å². The molecule has 0 radical (unpaired) electrons. The molecule has 0 N–H and O–H groups in total. The predicted molar refractivity (Wildman–Crippen MR) is 93.3 cm³/mol. The van der Waals surface area contributed by atoms with E-state index in [1.165, 1.54) is 10.5 Å². The summed E-state index contributed by atoms with van der Waals surface area (Å²) in [6, 6.07) is 3.51. The first-order valence-corrected chi connectivity index (χ1v) is 10.2. The number of sulfonamides is 1. The van der Waals surface area contributed by atoms with Gasteiger partial charge in [0.25, 0.3) is 11.8 Å². The maximum atomic E-state index is 12.6. The largest absolute Gasteiger partial charge is 0.414 e. The van der Waals surface area contributed by atoms with Crippen molar-refractivity contribution in [2.45, 2.75) is 26.4 Å². The summed E-state index contributed by atoms with van der Waals surface area (Å²) in [7, 11) is -3.50. The number of thiazole rings is 1. The van der Waals surface area contributed by atoms with Crippen LogP contribution in [0.25, 0.3) is 10.8 Å². The van der Waals surface area contributed by atoms with Crippen LogP contribution in [0.4, 0.5) is 8.78 Å². The van der Waals surface area contributed by atoms with E-state index in [0.717, 1.165) is 16.9 Å². The van der Waals surface area contributed by atoms with Crippen LogP contribution in [-0.2, 0) is 23.1 Å². The Labute approximate surface area is 158 Å². The van der Waals surface area contributed by atoms with E-state index in [4.69, 9.17) is 4.42 Å². The zero-order chi connectivity index (χ0) is 19.4. The Balaban J connectivity index is 1.80. The van der Waals surface area contributed by atoms with Gasteiger partial charge in [-0.2, -0.15) is 13.1 Å². The lowest BCUT2D eigenvalue weighted by Gasteiger charge is -2.20. The number of nitrogens with zero attached hydrogens (tertiary/aromatic N) is 5. The van der Waals surface area contributed by atoms with Crippen molar-refractivity contribution in [3.63, 3.8) is 0 Å². The Morgan fingerprint density at radius 2 is 2.07 bits per heavy atom. The lowest BCUT2D eigenvalue weighted by molar-refractivity contribution is 0.116. The SMILES string of the molecule is CCS(=O)(=O)N(Cc1cccnc1)Cc1ncc(-c2nnc(C(F)F)o2)s1. The molecule has 0 saturated carbocycles. The van der Waals surface area contributed by atoms with E-state index < -0.39 is 22.3 Å². The van der Waals surface area contributed by atoms with Crippen LogP contribution < -0.4 is 0 Å². The number of alkyl halides is 2. The summed E-state index contributed by atoms with van der Waals surface area (Å²) < 4.78 is 56.2. The summed E-state index contributed by atoms with van der Waals surface area (Å²) in [6.45, 7) is 1.74. The number of aromatic nitrogens is 4. The third kappa shape index (κ3) is 4.70. The first-order chi connectivity index (χ1) is 12.9. The smallest absolute Gasteiger partial charge is 0.314 e. The fraction of sp³-hybridized carbons (Fsp3) is 0.333. The first kappa shape index (κ1) is 19.5. The molecular formula is C15H15F2N5O3S2. The molecule has 0 bridgehead atoms. The average molecular weight is 415 g/mol. The molecule has 0 atom stereocenters. The van der Waals surface area contributed by atoms with Crippen LogP contribution in [0.3, 0.4) is 0 Å². The molecule has 0 unspecified atom stereocenters. The molecule has 12 heteroatoms. The van der Waals surface area contributed by atoms with Crippen molar-refractivity contribution in [2.24, 2.45) is 0 Å². The highest BCUT2D eigenvalue weighted by Crippen LogP contribution is 2.28. The lowest BCUT2D eigenvalue weighted by Crippen LogP contribution is -2.31. The highest BCUT2D eigenvalue weighted by Gasteiger charge is 2.23. The van der Waals surface area contributed by atoms with E-state index in [1.54, 1.807) is 31.5 Å². The second kappa shape index (κ2) is 8.15. The van der Waals surface area contributed by atoms with E-state index in [1.807, 2.05) is 0 Å². The Morgan fingerprint density at radius 3 is 2.70 bits per heavy atom. The summed E-state index contributed by atoms with van der Waals surface area (Å²) in [6.07, 6.45) is 1.73. The molecule has 0 saturated heterocycles. The normalized spacial score (nSPS) is 12.2. The van der Waals surface area contributed by atoms with Crippen molar-refractivity contribution in [3.8, 4) is 10.8 Å². The van der Waals surface area contributed by atoms with Crippen molar-refractivity contribution in [1.82, 2.24) is 24.5 Å². The molecule has 27 heavy (non-hydrogen) atoms. The zero-order valence-corrected chi connectivity index (χ0v) is 15.8. The molecule has 0 aliphatic rings. The van der Waals surface area contributed by atoms with Crippen LogP contribution in [0.5, 0.6) is 0 Å². The van der Waals surface area contributed by atoms with Crippen LogP contribution in [0.15, 0.2) is 35.1 Å². The summed E-state index contributed by atoms with van der Waals surface area (Å²) >= 11 is 1.10. The van der Waals surface area contributed by atoms with Gasteiger partial charge >= 0.3 is 6.43 Å². The predicted octanol–water partition coefficient (Wildman–Crippen LogP) is 2.88. The summed E-state index contributed by atoms with van der Waals surface area (Å²) in [5, 5.41) is 7.31. The molecule has 0 amide bonds. The number of rotatable bonds is 8. The van der Waals surface area contributed by atoms with Gasteiger partial charge in [0.05, 0.1) is 18.5 Å². The minimum absolute atomic E-state index is 0.0333. The van der Waals surface area contributed by atoms with E-state index in [-0.39, 0.29) is 24.7 Å². The molecule has 3 aromatic heterocycles. The van der Waals surface area contributed by atoms with Crippen molar-refractivity contribution in [3.05, 3.63) is 47.2 Å². The van der Waals surface area contributed by atoms with Gasteiger partial charge in [0.15, 0.2) is 0 Å². The maximum Gasteiger partial charge on any atom is 0.314 e. The van der Waals surface area contributed by atoms with Crippen molar-refractivity contribution < 1.29 is 21.6 Å². The molecular weight excluding hydrogens is 400 g/mol. The molecule has 3 heterocycles. The highest BCUT2D eigenvalue weighted by atomic mass is 32.2. The van der Waals surface area contributed by atoms with Gasteiger partial charge in [0, 0.05) is 18.9 Å². The molecule has 0 spiro atoms. The Morgan fingerprint density at radius 1 is 1.26 bits per heavy atom. The summed E-state index contributed by atoms with van der Waals surface area (Å²) in [4.78, 5) is 8.54. The van der Waals surface area contributed by atoms with Crippen LogP contribution >= 0.6 is 11.3 Å². The van der Waals surface area contributed by atoms with E-state index in [9.17, 15) is 17.2 Å². The van der Waals surface area contributed by atoms with Crippen LogP contribution in [0.2, 0.25) is 0 Å². The quantitative estimate of drug-likeness (QED) is 0.557. The average Bonchev–Trinajstić information content (AvgIpc) is 3.31. The Kier molecular flexibility index (Phi) is 5.87. The molecule has 3 rings (SSSR count). The monoisotopic (exact) mass is 415 g/mol. The number of pyridine rings is 1. The number of hydrogen-bond donors (Lipinski definition) is 0. The van der Waals surface area contributed by atoms with E-state index >= 15 is 0 Å². The number of hydrogen-bond acceptors (Lipinski definition) is 8. The third-order valence-electron chi connectivity index (χ3n) is 3.54. The van der Waals surface area contributed by atoms with Gasteiger partial charge in [-0.25, -0.2) is 13.4 Å². The zero-order valence-electron chi connectivity index (χ0n) is 14.1. The summed E-state index contributed by atoms with van der Waals surface area (Å²) in [5.41, 5.74) is 0.741. The van der Waals surface area contributed by atoms with Crippen LogP contribution in [0.1, 0.15) is 29.8 Å². The standard InChI is InChI=1S/C15H15F2N5O3S2/c1-2-27(23,24)22(8-10-4-3-5-18-6-10)9-12-19-7-11(26-12)14-20-21-15(25-14)13(16)17/h3-7,13H,2,8-9H2,1H3. The van der Waals surface area contributed by atoms with Gasteiger partial charge in [-0.05, 0) is 18.6 Å². The van der Waals surface area contributed by atoms with Gasteiger partial charge in [0.1, 0.15) is 9.88 Å². The van der Waals surface area contributed by atoms with E-state index in [2.05, 4.69) is 20.2 Å². The second-order valence-electron chi connectivity index (χ2n) is 5.39. The fourth-order valence-electron chi connectivity index (χ4n) is 2.19.